The fraction of sp³-hybridized carbons (Fsp3) is 0.346. The quantitative estimate of drug-likeness (QED) is 0.315. The molecule has 3 N–H and O–H groups in total. The molecule has 0 unspecified atom stereocenters. The predicted molar refractivity (Wildman–Crippen MR) is 139 cm³/mol. The van der Waals surface area contributed by atoms with Gasteiger partial charge >= 0.3 is 11.9 Å². The summed E-state index contributed by atoms with van der Waals surface area (Å²) >= 11 is 6.11. The molecule has 10 nitrogen and oxygen atoms in total. The van der Waals surface area contributed by atoms with Crippen LogP contribution in [0.2, 0.25) is 5.02 Å². The number of esters is 2. The number of carbonyl (C=O) groups is 3. The monoisotopic (exact) mass is 527 g/mol. The average molecular weight is 528 g/mol. The van der Waals surface area contributed by atoms with E-state index in [0.717, 1.165) is 5.56 Å². The van der Waals surface area contributed by atoms with Crippen LogP contribution in [0.4, 0.5) is 5.95 Å². The highest BCUT2D eigenvalue weighted by atomic mass is 35.5. The van der Waals surface area contributed by atoms with E-state index in [0.29, 0.717) is 39.9 Å². The summed E-state index contributed by atoms with van der Waals surface area (Å²) in [6, 6.07) is 7.93. The Hall–Kier alpha value is -3.92. The highest BCUT2D eigenvalue weighted by molar-refractivity contribution is 6.30. The van der Waals surface area contributed by atoms with E-state index in [9.17, 15) is 14.4 Å². The van der Waals surface area contributed by atoms with Gasteiger partial charge in [0.15, 0.2) is 0 Å². The smallest absolute Gasteiger partial charge is 0.302 e. The maximum absolute atomic E-state index is 13.1. The van der Waals surface area contributed by atoms with Crippen LogP contribution in [-0.4, -0.2) is 52.1 Å². The van der Waals surface area contributed by atoms with Gasteiger partial charge in [0, 0.05) is 36.8 Å². The summed E-state index contributed by atoms with van der Waals surface area (Å²) in [5.41, 5.74) is 3.16. The van der Waals surface area contributed by atoms with E-state index < -0.39 is 12.0 Å². The molecule has 1 aromatic carbocycles. The van der Waals surface area contributed by atoms with Crippen molar-refractivity contribution < 1.29 is 23.9 Å². The standard InChI is InChI=1S/C26H30ClN5O5/c1-5-21(13-36-16(3)33)30-26-29-11-15(2)24(32-26)19-10-22(28-12-19)25(35)31-23(14-37-17(4)34)18-7-6-8-20(27)9-18/h6-12,21,23,28H,5,13-14H2,1-4H3,(H,31,35)(H,29,30,32)/t21-,23+/m0/s1. The van der Waals surface area contributed by atoms with E-state index in [1.165, 1.54) is 13.8 Å². The van der Waals surface area contributed by atoms with Crippen LogP contribution in [0.25, 0.3) is 11.3 Å². The maximum Gasteiger partial charge on any atom is 0.302 e. The van der Waals surface area contributed by atoms with Gasteiger partial charge in [0.1, 0.15) is 18.9 Å². The molecule has 11 heteroatoms. The van der Waals surface area contributed by atoms with Gasteiger partial charge < -0.3 is 25.1 Å². The minimum absolute atomic E-state index is 0.0407. The van der Waals surface area contributed by atoms with Crippen LogP contribution < -0.4 is 10.6 Å². The molecule has 0 saturated carbocycles. The third-order valence-electron chi connectivity index (χ3n) is 5.50. The summed E-state index contributed by atoms with van der Waals surface area (Å²) in [6.07, 6.45) is 4.07. The third-order valence-corrected chi connectivity index (χ3v) is 5.73. The normalized spacial score (nSPS) is 12.4. The van der Waals surface area contributed by atoms with Crippen LogP contribution in [-0.2, 0) is 19.1 Å². The second-order valence-electron chi connectivity index (χ2n) is 8.46. The molecule has 0 radical (unpaired) electrons. The number of nitrogens with one attached hydrogen (secondary N) is 3. The number of aromatic nitrogens is 3. The van der Waals surface area contributed by atoms with Crippen LogP contribution >= 0.6 is 11.6 Å². The van der Waals surface area contributed by atoms with Crippen molar-refractivity contribution in [3.05, 3.63) is 64.6 Å². The number of hydrogen-bond acceptors (Lipinski definition) is 8. The first-order valence-corrected chi connectivity index (χ1v) is 12.2. The fourth-order valence-electron chi connectivity index (χ4n) is 3.51. The summed E-state index contributed by atoms with van der Waals surface area (Å²) in [5.74, 6) is -0.810. The van der Waals surface area contributed by atoms with Crippen LogP contribution in [0.1, 0.15) is 54.8 Å². The Morgan fingerprint density at radius 2 is 1.84 bits per heavy atom. The van der Waals surface area contributed by atoms with Crippen molar-refractivity contribution in [3.8, 4) is 11.3 Å². The van der Waals surface area contributed by atoms with Crippen molar-refractivity contribution in [1.29, 1.82) is 0 Å². The van der Waals surface area contributed by atoms with E-state index in [4.69, 9.17) is 21.1 Å². The number of H-pyrrole nitrogens is 1. The number of rotatable bonds is 11. The van der Waals surface area contributed by atoms with E-state index >= 15 is 0 Å². The number of hydrogen-bond donors (Lipinski definition) is 3. The van der Waals surface area contributed by atoms with Gasteiger partial charge in [-0.25, -0.2) is 9.97 Å². The van der Waals surface area contributed by atoms with E-state index in [2.05, 4.69) is 25.6 Å². The number of aryl methyl sites for hydroxylation is 1. The molecular weight excluding hydrogens is 498 g/mol. The topological polar surface area (TPSA) is 135 Å². The van der Waals surface area contributed by atoms with Crippen molar-refractivity contribution in [2.75, 3.05) is 18.5 Å². The average Bonchev–Trinajstić information content (AvgIpc) is 3.35. The number of nitrogens with zero attached hydrogens (tertiary/aromatic N) is 2. The minimum Gasteiger partial charge on any atom is -0.464 e. The lowest BCUT2D eigenvalue weighted by Crippen LogP contribution is -2.32. The minimum atomic E-state index is -0.596. The Morgan fingerprint density at radius 1 is 1.11 bits per heavy atom. The van der Waals surface area contributed by atoms with Crippen molar-refractivity contribution in [3.63, 3.8) is 0 Å². The van der Waals surface area contributed by atoms with Crippen LogP contribution in [0.5, 0.6) is 0 Å². The molecule has 2 aromatic heterocycles. The van der Waals surface area contributed by atoms with Gasteiger partial charge in [-0.2, -0.15) is 0 Å². The lowest BCUT2D eigenvalue weighted by Gasteiger charge is -2.19. The lowest BCUT2D eigenvalue weighted by molar-refractivity contribution is -0.142. The molecule has 0 aliphatic carbocycles. The Balaban J connectivity index is 1.77. The van der Waals surface area contributed by atoms with E-state index in [-0.39, 0.29) is 31.1 Å². The lowest BCUT2D eigenvalue weighted by atomic mass is 10.1. The summed E-state index contributed by atoms with van der Waals surface area (Å²) in [7, 11) is 0. The van der Waals surface area contributed by atoms with Crippen LogP contribution in [0, 0.1) is 6.92 Å². The second kappa shape index (κ2) is 12.9. The number of carbonyl (C=O) groups excluding carboxylic acids is 3. The highest BCUT2D eigenvalue weighted by Gasteiger charge is 2.20. The van der Waals surface area contributed by atoms with Gasteiger partial charge in [-0.05, 0) is 42.7 Å². The number of ether oxygens (including phenoxy) is 2. The molecule has 1 amide bonds. The zero-order valence-corrected chi connectivity index (χ0v) is 21.9. The number of anilines is 1. The molecular formula is C26H30ClN5O5. The molecule has 2 heterocycles. The molecule has 0 saturated heterocycles. The second-order valence-corrected chi connectivity index (χ2v) is 8.90. The van der Waals surface area contributed by atoms with Gasteiger partial charge in [0.2, 0.25) is 5.95 Å². The Bertz CT molecular complexity index is 1260. The van der Waals surface area contributed by atoms with Crippen molar-refractivity contribution in [1.82, 2.24) is 20.3 Å². The van der Waals surface area contributed by atoms with Gasteiger partial charge in [0.05, 0.1) is 17.8 Å². The Kier molecular flexibility index (Phi) is 9.62. The maximum atomic E-state index is 13.1. The molecule has 0 aliphatic rings. The Labute approximate surface area is 220 Å². The first-order chi connectivity index (χ1) is 17.7. The first kappa shape index (κ1) is 27.7. The highest BCUT2D eigenvalue weighted by Crippen LogP contribution is 2.24. The summed E-state index contributed by atoms with van der Waals surface area (Å²) in [5, 5.41) is 6.57. The molecule has 0 bridgehead atoms. The molecule has 2 atom stereocenters. The van der Waals surface area contributed by atoms with Crippen LogP contribution in [0.15, 0.2) is 42.7 Å². The molecule has 0 aliphatic heterocycles. The molecule has 3 rings (SSSR count). The number of amides is 1. The van der Waals surface area contributed by atoms with Crippen LogP contribution in [0.3, 0.4) is 0 Å². The number of benzene rings is 1. The molecule has 0 fully saturated rings. The zero-order valence-electron chi connectivity index (χ0n) is 21.1. The SMILES string of the molecule is CC[C@@H](COC(C)=O)Nc1ncc(C)c(-c2c[nH]c(C(=O)N[C@H](COC(C)=O)c3cccc(Cl)c3)c2)n1. The largest absolute Gasteiger partial charge is 0.464 e. The number of halogens is 1. The predicted octanol–water partition coefficient (Wildman–Crippen LogP) is 4.22. The molecule has 0 spiro atoms. The van der Waals surface area contributed by atoms with Crippen molar-refractivity contribution in [2.24, 2.45) is 0 Å². The van der Waals surface area contributed by atoms with Gasteiger partial charge in [-0.3, -0.25) is 14.4 Å². The molecule has 196 valence electrons. The van der Waals surface area contributed by atoms with E-state index in [1.807, 2.05) is 13.8 Å². The third kappa shape index (κ3) is 8.04. The van der Waals surface area contributed by atoms with Gasteiger partial charge in [-0.15, -0.1) is 0 Å². The van der Waals surface area contributed by atoms with Crippen molar-refractivity contribution in [2.45, 2.75) is 46.2 Å². The fourth-order valence-corrected chi connectivity index (χ4v) is 3.71. The van der Waals surface area contributed by atoms with Gasteiger partial charge in [-0.1, -0.05) is 30.7 Å². The summed E-state index contributed by atoms with van der Waals surface area (Å²) in [4.78, 5) is 47.5. The van der Waals surface area contributed by atoms with Gasteiger partial charge in [0.25, 0.3) is 5.91 Å². The summed E-state index contributed by atoms with van der Waals surface area (Å²) < 4.78 is 10.2. The van der Waals surface area contributed by atoms with E-state index in [1.54, 1.807) is 42.7 Å². The zero-order chi connectivity index (χ0) is 26.9. The molecule has 37 heavy (non-hydrogen) atoms. The van der Waals surface area contributed by atoms with Crippen molar-refractivity contribution >= 4 is 35.4 Å². The first-order valence-electron chi connectivity index (χ1n) is 11.8. The number of aromatic amines is 1. The molecule has 3 aromatic rings. The summed E-state index contributed by atoms with van der Waals surface area (Å²) in [6.45, 7) is 6.66. The Morgan fingerprint density at radius 3 is 2.51 bits per heavy atom.